The highest BCUT2D eigenvalue weighted by atomic mass is 19.3. The van der Waals surface area contributed by atoms with Crippen molar-refractivity contribution in [3.8, 4) is 11.5 Å². The van der Waals surface area contributed by atoms with E-state index in [0.29, 0.717) is 12.2 Å². The molecule has 2 aromatic carbocycles. The molecule has 2 aromatic rings. The van der Waals surface area contributed by atoms with Crippen LogP contribution in [0.3, 0.4) is 0 Å². The number of rotatable bonds is 8. The van der Waals surface area contributed by atoms with Crippen molar-refractivity contribution < 1.29 is 23.0 Å². The fourth-order valence-corrected chi connectivity index (χ4v) is 2.23. The average molecular weight is 350 g/mol. The lowest BCUT2D eigenvalue weighted by molar-refractivity contribution is -0.0512. The van der Waals surface area contributed by atoms with Crippen LogP contribution in [-0.4, -0.2) is 26.2 Å². The summed E-state index contributed by atoms with van der Waals surface area (Å²) < 4.78 is 34.0. The summed E-state index contributed by atoms with van der Waals surface area (Å²) in [7, 11) is 1.32. The largest absolute Gasteiger partial charge is 0.493 e. The van der Waals surface area contributed by atoms with Crippen LogP contribution in [0.5, 0.6) is 11.5 Å². The maximum Gasteiger partial charge on any atom is 0.387 e. The quantitative estimate of drug-likeness (QED) is 0.763. The first-order valence-corrected chi connectivity index (χ1v) is 7.77. The van der Waals surface area contributed by atoms with Crippen molar-refractivity contribution in [1.82, 2.24) is 5.32 Å². The zero-order valence-electron chi connectivity index (χ0n) is 14.0. The Morgan fingerprint density at radius 2 is 1.96 bits per heavy atom. The number of ether oxygens (including phenoxy) is 2. The highest BCUT2D eigenvalue weighted by Gasteiger charge is 2.14. The van der Waals surface area contributed by atoms with Gasteiger partial charge in [0, 0.05) is 17.8 Å². The third-order valence-corrected chi connectivity index (χ3v) is 3.41. The molecule has 0 heterocycles. The predicted octanol–water partition coefficient (Wildman–Crippen LogP) is 3.66. The number of nitrogens with one attached hydrogen (secondary N) is 2. The molecule has 0 aromatic heterocycles. The molecule has 0 aliphatic carbocycles. The van der Waals surface area contributed by atoms with Crippen LogP contribution in [0, 0.1) is 0 Å². The van der Waals surface area contributed by atoms with Crippen molar-refractivity contribution in [2.75, 3.05) is 19.0 Å². The van der Waals surface area contributed by atoms with E-state index in [2.05, 4.69) is 15.4 Å². The Labute approximate surface area is 144 Å². The van der Waals surface area contributed by atoms with E-state index in [1.54, 1.807) is 6.07 Å². The van der Waals surface area contributed by atoms with Crippen LogP contribution >= 0.6 is 0 Å². The maximum absolute atomic E-state index is 12.4. The van der Waals surface area contributed by atoms with Gasteiger partial charge in [-0.1, -0.05) is 19.1 Å². The molecule has 0 aliphatic heterocycles. The van der Waals surface area contributed by atoms with E-state index in [1.807, 2.05) is 25.1 Å². The highest BCUT2D eigenvalue weighted by Crippen LogP contribution is 2.29. The second-order valence-corrected chi connectivity index (χ2v) is 5.18. The Bertz CT molecular complexity index is 723. The van der Waals surface area contributed by atoms with Crippen molar-refractivity contribution in [2.24, 2.45) is 0 Å². The third-order valence-electron chi connectivity index (χ3n) is 3.41. The van der Waals surface area contributed by atoms with Gasteiger partial charge in [0.15, 0.2) is 11.5 Å². The van der Waals surface area contributed by atoms with Crippen molar-refractivity contribution >= 4 is 11.6 Å². The number of carbonyl (C=O) groups excluding carboxylic acids is 1. The zero-order chi connectivity index (χ0) is 18.2. The molecule has 2 rings (SSSR count). The van der Waals surface area contributed by atoms with Gasteiger partial charge in [-0.05, 0) is 42.4 Å². The van der Waals surface area contributed by atoms with E-state index >= 15 is 0 Å². The number of alkyl halides is 2. The molecule has 0 saturated carbocycles. The molecular weight excluding hydrogens is 330 g/mol. The second kappa shape index (κ2) is 8.98. The van der Waals surface area contributed by atoms with Crippen molar-refractivity contribution in [1.29, 1.82) is 0 Å². The molecule has 0 unspecified atom stereocenters. The average Bonchev–Trinajstić information content (AvgIpc) is 2.60. The van der Waals surface area contributed by atoms with Gasteiger partial charge >= 0.3 is 6.61 Å². The molecule has 25 heavy (non-hydrogen) atoms. The first kappa shape index (κ1) is 18.7. The summed E-state index contributed by atoms with van der Waals surface area (Å²) in [4.78, 5) is 12.4. The molecule has 0 aliphatic rings. The molecule has 0 radical (unpaired) electrons. The van der Waals surface area contributed by atoms with Crippen LogP contribution in [0.1, 0.15) is 22.8 Å². The van der Waals surface area contributed by atoms with Gasteiger partial charge in [0.1, 0.15) is 0 Å². The number of hydrogen-bond donors (Lipinski definition) is 2. The minimum absolute atomic E-state index is 0.0637. The molecule has 0 spiro atoms. The van der Waals surface area contributed by atoms with Gasteiger partial charge in [-0.15, -0.1) is 0 Å². The van der Waals surface area contributed by atoms with Gasteiger partial charge in [-0.2, -0.15) is 8.78 Å². The van der Waals surface area contributed by atoms with E-state index in [1.165, 1.54) is 25.3 Å². The standard InChI is InChI=1S/C18H20F2N2O3/c1-3-21-11-12-5-4-6-14(9-12)22-17(23)13-7-8-15(25-18(19)20)16(10-13)24-2/h4-10,18,21H,3,11H2,1-2H3,(H,22,23). The summed E-state index contributed by atoms with van der Waals surface area (Å²) in [5.74, 6) is -0.432. The lowest BCUT2D eigenvalue weighted by atomic mass is 10.1. The zero-order valence-corrected chi connectivity index (χ0v) is 14.0. The van der Waals surface area contributed by atoms with Gasteiger partial charge in [0.25, 0.3) is 5.91 Å². The molecule has 2 N–H and O–H groups in total. The summed E-state index contributed by atoms with van der Waals surface area (Å²) >= 11 is 0. The molecule has 0 atom stereocenters. The fraction of sp³-hybridized carbons (Fsp3) is 0.278. The van der Waals surface area contributed by atoms with E-state index in [-0.39, 0.29) is 23.0 Å². The molecule has 7 heteroatoms. The van der Waals surface area contributed by atoms with Gasteiger partial charge in [-0.25, -0.2) is 0 Å². The van der Waals surface area contributed by atoms with Crippen molar-refractivity contribution in [3.05, 3.63) is 53.6 Å². The Balaban J connectivity index is 2.12. The number of halogens is 2. The van der Waals surface area contributed by atoms with E-state index in [4.69, 9.17) is 4.74 Å². The smallest absolute Gasteiger partial charge is 0.387 e. The molecule has 0 bridgehead atoms. The lowest BCUT2D eigenvalue weighted by Gasteiger charge is -2.12. The number of hydrogen-bond acceptors (Lipinski definition) is 4. The summed E-state index contributed by atoms with van der Waals surface area (Å²) in [5, 5.41) is 5.98. The third kappa shape index (κ3) is 5.42. The van der Waals surface area contributed by atoms with Crippen LogP contribution in [0.15, 0.2) is 42.5 Å². The topological polar surface area (TPSA) is 59.6 Å². The number of methoxy groups -OCH3 is 1. The first-order valence-electron chi connectivity index (χ1n) is 7.77. The van der Waals surface area contributed by atoms with E-state index in [0.717, 1.165) is 12.1 Å². The maximum atomic E-state index is 12.4. The Hall–Kier alpha value is -2.67. The molecule has 134 valence electrons. The van der Waals surface area contributed by atoms with Crippen LogP contribution in [0.25, 0.3) is 0 Å². The molecule has 5 nitrogen and oxygen atoms in total. The van der Waals surface area contributed by atoms with Crippen LogP contribution in [-0.2, 0) is 6.54 Å². The number of amides is 1. The van der Waals surface area contributed by atoms with E-state index in [9.17, 15) is 13.6 Å². The predicted molar refractivity (Wildman–Crippen MR) is 91.4 cm³/mol. The molecule has 0 fully saturated rings. The van der Waals surface area contributed by atoms with Gasteiger partial charge in [0.05, 0.1) is 7.11 Å². The Kier molecular flexibility index (Phi) is 6.71. The minimum Gasteiger partial charge on any atom is -0.493 e. The van der Waals surface area contributed by atoms with Crippen LogP contribution in [0.2, 0.25) is 0 Å². The van der Waals surface area contributed by atoms with Gasteiger partial charge in [0.2, 0.25) is 0 Å². The molecule has 1 amide bonds. The van der Waals surface area contributed by atoms with Crippen LogP contribution < -0.4 is 20.1 Å². The summed E-state index contributed by atoms with van der Waals surface area (Å²) in [6.07, 6.45) is 0. The Morgan fingerprint density at radius 1 is 1.16 bits per heavy atom. The Morgan fingerprint density at radius 3 is 2.64 bits per heavy atom. The summed E-state index contributed by atoms with van der Waals surface area (Å²) in [6.45, 7) is 0.602. The van der Waals surface area contributed by atoms with Crippen LogP contribution in [0.4, 0.5) is 14.5 Å². The second-order valence-electron chi connectivity index (χ2n) is 5.18. The number of anilines is 1. The SMILES string of the molecule is CCNCc1cccc(NC(=O)c2ccc(OC(F)F)c(OC)c2)c1. The minimum atomic E-state index is -2.96. The van der Waals surface area contributed by atoms with Gasteiger partial charge in [-0.3, -0.25) is 4.79 Å². The number of benzene rings is 2. The molecule has 0 saturated heterocycles. The van der Waals surface area contributed by atoms with E-state index < -0.39 is 6.61 Å². The fourth-order valence-electron chi connectivity index (χ4n) is 2.23. The van der Waals surface area contributed by atoms with Crippen molar-refractivity contribution in [2.45, 2.75) is 20.1 Å². The summed E-state index contributed by atoms with van der Waals surface area (Å²) in [6, 6.07) is 11.5. The monoisotopic (exact) mass is 350 g/mol. The molecular formula is C18H20F2N2O3. The first-order chi connectivity index (χ1) is 12.0. The highest BCUT2D eigenvalue weighted by molar-refractivity contribution is 6.04. The number of carbonyl (C=O) groups is 1. The lowest BCUT2D eigenvalue weighted by Crippen LogP contribution is -2.14. The summed E-state index contributed by atoms with van der Waals surface area (Å²) in [5.41, 5.74) is 1.96. The normalized spacial score (nSPS) is 10.6. The van der Waals surface area contributed by atoms with Crippen molar-refractivity contribution in [3.63, 3.8) is 0 Å². The van der Waals surface area contributed by atoms with Gasteiger partial charge < -0.3 is 20.1 Å².